The lowest BCUT2D eigenvalue weighted by Gasteiger charge is -2.10. The molecular formula is C11H13FN2S. The summed E-state index contributed by atoms with van der Waals surface area (Å²) < 4.78 is 13.0. The minimum absolute atomic E-state index is 0.227. The molecule has 1 saturated carbocycles. The van der Waals surface area contributed by atoms with Gasteiger partial charge in [0.15, 0.2) is 0 Å². The first kappa shape index (κ1) is 10.4. The molecule has 0 amide bonds. The van der Waals surface area contributed by atoms with Gasteiger partial charge < -0.3 is 11.1 Å². The average molecular weight is 224 g/mol. The Morgan fingerprint density at radius 3 is 2.80 bits per heavy atom. The van der Waals surface area contributed by atoms with Crippen molar-refractivity contribution < 1.29 is 4.39 Å². The molecule has 4 heteroatoms. The summed E-state index contributed by atoms with van der Waals surface area (Å²) in [6.45, 7) is 2.17. The number of anilines is 1. The summed E-state index contributed by atoms with van der Waals surface area (Å²) in [6.07, 6.45) is 1.15. The van der Waals surface area contributed by atoms with Gasteiger partial charge in [0, 0.05) is 17.3 Å². The van der Waals surface area contributed by atoms with Gasteiger partial charge in [-0.25, -0.2) is 4.39 Å². The SMILES string of the molecule is CC1CC1Nc1ccc(F)cc1C(N)=S. The van der Waals surface area contributed by atoms with Crippen molar-refractivity contribution in [1.29, 1.82) is 0 Å². The Kier molecular flexibility index (Phi) is 2.61. The van der Waals surface area contributed by atoms with Gasteiger partial charge in [0.25, 0.3) is 0 Å². The van der Waals surface area contributed by atoms with E-state index in [9.17, 15) is 4.39 Å². The quantitative estimate of drug-likeness (QED) is 0.774. The first-order chi connectivity index (χ1) is 7.08. The van der Waals surface area contributed by atoms with E-state index >= 15 is 0 Å². The topological polar surface area (TPSA) is 38.0 Å². The molecule has 2 unspecified atom stereocenters. The van der Waals surface area contributed by atoms with Crippen LogP contribution in [0.4, 0.5) is 10.1 Å². The van der Waals surface area contributed by atoms with Gasteiger partial charge in [-0.3, -0.25) is 0 Å². The van der Waals surface area contributed by atoms with E-state index in [1.165, 1.54) is 12.1 Å². The Morgan fingerprint density at radius 2 is 2.27 bits per heavy atom. The maximum absolute atomic E-state index is 13.0. The van der Waals surface area contributed by atoms with E-state index < -0.39 is 0 Å². The van der Waals surface area contributed by atoms with E-state index in [0.717, 1.165) is 12.1 Å². The molecule has 1 aromatic carbocycles. The number of hydrogen-bond donors (Lipinski definition) is 2. The number of halogens is 1. The summed E-state index contributed by atoms with van der Waals surface area (Å²) >= 11 is 4.88. The second kappa shape index (κ2) is 3.77. The monoisotopic (exact) mass is 224 g/mol. The van der Waals surface area contributed by atoms with E-state index in [-0.39, 0.29) is 10.8 Å². The molecule has 2 atom stereocenters. The molecule has 0 spiro atoms. The Bertz CT molecular complexity index is 406. The molecule has 0 heterocycles. The van der Waals surface area contributed by atoms with Crippen LogP contribution in [0.25, 0.3) is 0 Å². The smallest absolute Gasteiger partial charge is 0.124 e. The van der Waals surface area contributed by atoms with Crippen LogP contribution < -0.4 is 11.1 Å². The Labute approximate surface area is 93.7 Å². The Morgan fingerprint density at radius 1 is 1.60 bits per heavy atom. The van der Waals surface area contributed by atoms with Crippen LogP contribution in [0.5, 0.6) is 0 Å². The second-order valence-corrected chi connectivity index (χ2v) is 4.46. The third-order valence-electron chi connectivity index (χ3n) is 2.70. The van der Waals surface area contributed by atoms with Crippen LogP contribution in [0.2, 0.25) is 0 Å². The van der Waals surface area contributed by atoms with Gasteiger partial charge >= 0.3 is 0 Å². The van der Waals surface area contributed by atoms with Crippen LogP contribution >= 0.6 is 12.2 Å². The zero-order chi connectivity index (χ0) is 11.0. The Hall–Kier alpha value is -1.16. The zero-order valence-corrected chi connectivity index (χ0v) is 9.27. The van der Waals surface area contributed by atoms with Crippen molar-refractivity contribution in [3.63, 3.8) is 0 Å². The fourth-order valence-electron chi connectivity index (χ4n) is 1.57. The summed E-state index contributed by atoms with van der Waals surface area (Å²) in [5, 5.41) is 3.31. The molecule has 0 aliphatic heterocycles. The summed E-state index contributed by atoms with van der Waals surface area (Å²) in [4.78, 5) is 0.227. The number of nitrogens with two attached hydrogens (primary N) is 1. The third-order valence-corrected chi connectivity index (χ3v) is 2.92. The van der Waals surface area contributed by atoms with Crippen LogP contribution in [0.1, 0.15) is 18.9 Å². The minimum Gasteiger partial charge on any atom is -0.389 e. The number of thiocarbonyl (C=S) groups is 1. The molecule has 1 aromatic rings. The van der Waals surface area contributed by atoms with Gasteiger partial charge in [0.05, 0.1) is 0 Å². The lowest BCUT2D eigenvalue weighted by molar-refractivity contribution is 0.627. The molecule has 15 heavy (non-hydrogen) atoms. The fraction of sp³-hybridized carbons (Fsp3) is 0.364. The zero-order valence-electron chi connectivity index (χ0n) is 8.46. The van der Waals surface area contributed by atoms with Crippen molar-refractivity contribution in [3.8, 4) is 0 Å². The molecule has 0 bridgehead atoms. The van der Waals surface area contributed by atoms with Gasteiger partial charge in [-0.2, -0.15) is 0 Å². The highest BCUT2D eigenvalue weighted by molar-refractivity contribution is 7.80. The van der Waals surface area contributed by atoms with Crippen LogP contribution in [0.3, 0.4) is 0 Å². The summed E-state index contributed by atoms with van der Waals surface area (Å²) in [5.41, 5.74) is 6.96. The first-order valence-electron chi connectivity index (χ1n) is 4.94. The van der Waals surface area contributed by atoms with Crippen LogP contribution in [0.15, 0.2) is 18.2 Å². The maximum Gasteiger partial charge on any atom is 0.124 e. The second-order valence-electron chi connectivity index (χ2n) is 4.02. The van der Waals surface area contributed by atoms with Gasteiger partial charge in [-0.15, -0.1) is 0 Å². The van der Waals surface area contributed by atoms with Crippen LogP contribution in [-0.4, -0.2) is 11.0 Å². The number of nitrogens with one attached hydrogen (secondary N) is 1. The van der Waals surface area contributed by atoms with Crippen molar-refractivity contribution in [1.82, 2.24) is 0 Å². The molecular weight excluding hydrogens is 211 g/mol. The average Bonchev–Trinajstić information content (AvgIpc) is 2.85. The van der Waals surface area contributed by atoms with Gasteiger partial charge in [0.1, 0.15) is 10.8 Å². The van der Waals surface area contributed by atoms with E-state index in [1.54, 1.807) is 6.07 Å². The molecule has 0 aromatic heterocycles. The largest absolute Gasteiger partial charge is 0.389 e. The van der Waals surface area contributed by atoms with Gasteiger partial charge in [-0.05, 0) is 30.5 Å². The lowest BCUT2D eigenvalue weighted by Crippen LogP contribution is -2.15. The van der Waals surface area contributed by atoms with E-state index in [0.29, 0.717) is 17.5 Å². The summed E-state index contributed by atoms with van der Waals surface area (Å²) in [7, 11) is 0. The van der Waals surface area contributed by atoms with Crippen LogP contribution in [0, 0.1) is 11.7 Å². The Balaban J connectivity index is 2.25. The molecule has 2 rings (SSSR count). The fourth-order valence-corrected chi connectivity index (χ4v) is 1.74. The van der Waals surface area contributed by atoms with Crippen molar-refractivity contribution in [2.45, 2.75) is 19.4 Å². The van der Waals surface area contributed by atoms with E-state index in [4.69, 9.17) is 18.0 Å². The standard InChI is InChI=1S/C11H13FN2S/c1-6-4-10(6)14-9-3-2-7(12)5-8(9)11(13)15/h2-3,5-6,10,14H,4H2,1H3,(H2,13,15). The molecule has 1 fully saturated rings. The van der Waals surface area contributed by atoms with Crippen molar-refractivity contribution >= 4 is 22.9 Å². The molecule has 2 nitrogen and oxygen atoms in total. The minimum atomic E-state index is -0.313. The highest BCUT2D eigenvalue weighted by Gasteiger charge is 2.32. The first-order valence-corrected chi connectivity index (χ1v) is 5.34. The lowest BCUT2D eigenvalue weighted by atomic mass is 10.1. The molecule has 1 aliphatic rings. The predicted molar refractivity (Wildman–Crippen MR) is 63.5 cm³/mol. The number of benzene rings is 1. The normalized spacial score (nSPS) is 23.6. The van der Waals surface area contributed by atoms with Crippen molar-refractivity contribution in [2.75, 3.05) is 5.32 Å². The van der Waals surface area contributed by atoms with Gasteiger partial charge in [-0.1, -0.05) is 19.1 Å². The third kappa shape index (κ3) is 2.26. The van der Waals surface area contributed by atoms with Gasteiger partial charge in [0.2, 0.25) is 0 Å². The van der Waals surface area contributed by atoms with E-state index in [2.05, 4.69) is 12.2 Å². The van der Waals surface area contributed by atoms with Crippen molar-refractivity contribution in [2.24, 2.45) is 11.7 Å². The van der Waals surface area contributed by atoms with E-state index in [1.807, 2.05) is 0 Å². The van der Waals surface area contributed by atoms with Crippen LogP contribution in [-0.2, 0) is 0 Å². The molecule has 1 aliphatic carbocycles. The molecule has 0 saturated heterocycles. The maximum atomic E-state index is 13.0. The molecule has 80 valence electrons. The molecule has 3 N–H and O–H groups in total. The molecule has 0 radical (unpaired) electrons. The highest BCUT2D eigenvalue weighted by atomic mass is 32.1. The summed E-state index contributed by atoms with van der Waals surface area (Å²) in [6, 6.07) is 4.95. The summed E-state index contributed by atoms with van der Waals surface area (Å²) in [5.74, 6) is 0.362. The number of rotatable bonds is 3. The van der Waals surface area contributed by atoms with Crippen molar-refractivity contribution in [3.05, 3.63) is 29.6 Å². The number of hydrogen-bond acceptors (Lipinski definition) is 2. The highest BCUT2D eigenvalue weighted by Crippen LogP contribution is 2.33. The predicted octanol–water partition coefficient (Wildman–Crippen LogP) is 2.28.